The first-order chi connectivity index (χ1) is 12.2. The Kier molecular flexibility index (Phi) is 4.70. The van der Waals surface area contributed by atoms with E-state index in [9.17, 15) is 8.42 Å². The molecule has 7 heteroatoms. The quantitative estimate of drug-likeness (QED) is 0.543. The number of epoxide rings is 1. The number of morpholine rings is 1. The second-order valence-corrected chi connectivity index (χ2v) is 16.0. The number of fused-ring (bicyclic) bond motifs is 1. The Morgan fingerprint density at radius 3 is 2.33 bits per heavy atom. The number of sulfonamides is 1. The molecule has 0 spiro atoms. The van der Waals surface area contributed by atoms with Crippen molar-refractivity contribution in [2.75, 3.05) is 6.61 Å². The Morgan fingerprint density at radius 2 is 1.81 bits per heavy atom. The van der Waals surface area contributed by atoms with Crippen LogP contribution in [0.4, 0.5) is 0 Å². The minimum Gasteiger partial charge on any atom is -0.415 e. The number of rotatable bonds is 5. The standard InChI is InChI=1S/C20H31NO4SSi/c1-14-9-11-16(12-10-14)26(22,23)21-15(2)18-20(6,25-18)17(21)13-24-27(7,8)19(3,4)5/h9-12,17-18H,2,13H2,1,3-8H3/t17-,18+,20-/m1/s1. The van der Waals surface area contributed by atoms with Crippen molar-refractivity contribution in [2.45, 2.75) is 75.4 Å². The Bertz CT molecular complexity index is 857. The Labute approximate surface area is 164 Å². The molecular weight excluding hydrogens is 378 g/mol. The highest BCUT2D eigenvalue weighted by Gasteiger charge is 2.70. The van der Waals surface area contributed by atoms with Crippen LogP contribution in [0, 0.1) is 6.92 Å². The summed E-state index contributed by atoms with van der Waals surface area (Å²) >= 11 is 0. The van der Waals surface area contributed by atoms with Gasteiger partial charge in [-0.05, 0) is 44.1 Å². The molecule has 0 unspecified atom stereocenters. The van der Waals surface area contributed by atoms with Gasteiger partial charge in [-0.1, -0.05) is 45.0 Å². The van der Waals surface area contributed by atoms with Crippen molar-refractivity contribution in [3.05, 3.63) is 42.1 Å². The van der Waals surface area contributed by atoms with Crippen LogP contribution in [0.1, 0.15) is 33.3 Å². The molecule has 0 amide bonds. The summed E-state index contributed by atoms with van der Waals surface area (Å²) in [7, 11) is -5.73. The van der Waals surface area contributed by atoms with Crippen LogP contribution in [0.2, 0.25) is 18.1 Å². The molecule has 150 valence electrons. The number of nitrogens with zero attached hydrogens (tertiary/aromatic N) is 1. The van der Waals surface area contributed by atoms with Crippen LogP contribution in [0.5, 0.6) is 0 Å². The van der Waals surface area contributed by atoms with Gasteiger partial charge in [0.05, 0.1) is 23.2 Å². The molecular formula is C20H31NO4SSi. The topological polar surface area (TPSA) is 59.1 Å². The first-order valence-electron chi connectivity index (χ1n) is 9.33. The third kappa shape index (κ3) is 3.28. The Hall–Kier alpha value is -1.15. The fourth-order valence-electron chi connectivity index (χ4n) is 3.30. The zero-order chi connectivity index (χ0) is 20.4. The van der Waals surface area contributed by atoms with Crippen molar-refractivity contribution in [3.63, 3.8) is 0 Å². The molecule has 0 saturated carbocycles. The molecule has 2 saturated heterocycles. The van der Waals surface area contributed by atoms with Gasteiger partial charge in [-0.15, -0.1) is 0 Å². The Morgan fingerprint density at radius 1 is 1.26 bits per heavy atom. The van der Waals surface area contributed by atoms with Crippen LogP contribution < -0.4 is 0 Å². The molecule has 27 heavy (non-hydrogen) atoms. The van der Waals surface area contributed by atoms with Crippen LogP contribution in [-0.2, 0) is 19.2 Å². The molecule has 3 rings (SSSR count). The van der Waals surface area contributed by atoms with Gasteiger partial charge in [-0.2, -0.15) is 0 Å². The molecule has 2 heterocycles. The molecule has 0 N–H and O–H groups in total. The summed E-state index contributed by atoms with van der Waals surface area (Å²) < 4.78 is 40.4. The van der Waals surface area contributed by atoms with Crippen LogP contribution in [0.3, 0.4) is 0 Å². The zero-order valence-corrected chi connectivity index (χ0v) is 19.2. The van der Waals surface area contributed by atoms with E-state index in [2.05, 4.69) is 40.4 Å². The average molecular weight is 410 g/mol. The lowest BCUT2D eigenvalue weighted by molar-refractivity contribution is 0.129. The monoisotopic (exact) mass is 409 g/mol. The Balaban J connectivity index is 1.92. The second kappa shape index (κ2) is 6.17. The molecule has 0 aliphatic carbocycles. The van der Waals surface area contributed by atoms with E-state index >= 15 is 0 Å². The number of benzene rings is 1. The van der Waals surface area contributed by atoms with Crippen molar-refractivity contribution >= 4 is 18.3 Å². The fourth-order valence-corrected chi connectivity index (χ4v) is 6.03. The highest BCUT2D eigenvalue weighted by Crippen LogP contribution is 2.55. The van der Waals surface area contributed by atoms with E-state index in [-0.39, 0.29) is 16.0 Å². The maximum Gasteiger partial charge on any atom is 0.264 e. The van der Waals surface area contributed by atoms with Crippen LogP contribution in [0.15, 0.2) is 41.4 Å². The highest BCUT2D eigenvalue weighted by molar-refractivity contribution is 7.89. The van der Waals surface area contributed by atoms with Crippen molar-refractivity contribution in [1.29, 1.82) is 0 Å². The summed E-state index contributed by atoms with van der Waals surface area (Å²) in [6.07, 6.45) is -0.259. The molecule has 2 fully saturated rings. The minimum absolute atomic E-state index is 0.0496. The summed E-state index contributed by atoms with van der Waals surface area (Å²) in [5.41, 5.74) is 0.962. The lowest BCUT2D eigenvalue weighted by atomic mass is 10.0. The van der Waals surface area contributed by atoms with Crippen LogP contribution in [0.25, 0.3) is 0 Å². The molecule has 2 aliphatic rings. The summed E-state index contributed by atoms with van der Waals surface area (Å²) in [4.78, 5) is 0.275. The summed E-state index contributed by atoms with van der Waals surface area (Å²) in [5.74, 6) is 0. The number of aryl methyl sites for hydroxylation is 1. The van der Waals surface area contributed by atoms with Crippen molar-refractivity contribution in [2.24, 2.45) is 0 Å². The van der Waals surface area contributed by atoms with E-state index in [0.29, 0.717) is 12.3 Å². The van der Waals surface area contributed by atoms with E-state index in [0.717, 1.165) is 5.56 Å². The van der Waals surface area contributed by atoms with E-state index in [1.165, 1.54) is 4.31 Å². The van der Waals surface area contributed by atoms with Gasteiger partial charge in [0.25, 0.3) is 10.0 Å². The first-order valence-corrected chi connectivity index (χ1v) is 13.7. The summed E-state index contributed by atoms with van der Waals surface area (Å²) in [6.45, 7) is 19.1. The SMILES string of the molecule is C=C1[C@@H]2O[C@]2(C)[C@@H](CO[Si](C)(C)C(C)(C)C)N1S(=O)(=O)c1ccc(C)cc1. The van der Waals surface area contributed by atoms with Gasteiger partial charge in [0, 0.05) is 0 Å². The minimum atomic E-state index is -3.71. The number of hydrogen-bond acceptors (Lipinski definition) is 4. The number of ether oxygens (including phenoxy) is 1. The maximum atomic E-state index is 13.4. The number of hydrogen-bond donors (Lipinski definition) is 0. The van der Waals surface area contributed by atoms with Crippen molar-refractivity contribution in [1.82, 2.24) is 4.31 Å². The van der Waals surface area contributed by atoms with Crippen LogP contribution >= 0.6 is 0 Å². The molecule has 2 aliphatic heterocycles. The second-order valence-electron chi connectivity index (χ2n) is 9.37. The van der Waals surface area contributed by atoms with Gasteiger partial charge < -0.3 is 9.16 Å². The lowest BCUT2D eigenvalue weighted by Crippen LogP contribution is -2.49. The van der Waals surface area contributed by atoms with Gasteiger partial charge >= 0.3 is 0 Å². The van der Waals surface area contributed by atoms with Gasteiger partial charge in [-0.25, -0.2) is 8.42 Å². The predicted octanol–water partition coefficient (Wildman–Crippen LogP) is 4.06. The predicted molar refractivity (Wildman–Crippen MR) is 110 cm³/mol. The van der Waals surface area contributed by atoms with E-state index < -0.39 is 30.0 Å². The van der Waals surface area contributed by atoms with E-state index in [1.807, 2.05) is 26.0 Å². The third-order valence-corrected chi connectivity index (χ3v) is 12.7. The maximum absolute atomic E-state index is 13.4. The van der Waals surface area contributed by atoms with Gasteiger partial charge in [0.15, 0.2) is 8.32 Å². The molecule has 1 aromatic carbocycles. The first kappa shape index (κ1) is 20.6. The van der Waals surface area contributed by atoms with Crippen LogP contribution in [-0.4, -0.2) is 45.4 Å². The average Bonchev–Trinajstić information content (AvgIpc) is 3.17. The normalized spacial score (nSPS) is 28.4. The largest absolute Gasteiger partial charge is 0.415 e. The van der Waals surface area contributed by atoms with E-state index in [1.54, 1.807) is 12.1 Å². The smallest absolute Gasteiger partial charge is 0.264 e. The van der Waals surface area contributed by atoms with Crippen molar-refractivity contribution in [3.8, 4) is 0 Å². The summed E-state index contributed by atoms with van der Waals surface area (Å²) in [5, 5.41) is 0.0496. The lowest BCUT2D eigenvalue weighted by Gasteiger charge is -2.39. The summed E-state index contributed by atoms with van der Waals surface area (Å²) in [6, 6.07) is 6.51. The molecule has 1 aromatic rings. The molecule has 0 bridgehead atoms. The van der Waals surface area contributed by atoms with Crippen molar-refractivity contribution < 1.29 is 17.6 Å². The molecule has 0 aromatic heterocycles. The zero-order valence-electron chi connectivity index (χ0n) is 17.4. The highest BCUT2D eigenvalue weighted by atomic mass is 32.2. The van der Waals surface area contributed by atoms with Gasteiger partial charge in [0.1, 0.15) is 11.7 Å². The third-order valence-electron chi connectivity index (χ3n) is 6.35. The fraction of sp³-hybridized carbons (Fsp3) is 0.600. The molecule has 3 atom stereocenters. The molecule has 5 nitrogen and oxygen atoms in total. The molecule has 0 radical (unpaired) electrons. The van der Waals surface area contributed by atoms with Gasteiger partial charge in [-0.3, -0.25) is 4.31 Å². The van der Waals surface area contributed by atoms with E-state index in [4.69, 9.17) is 9.16 Å². The van der Waals surface area contributed by atoms with Gasteiger partial charge in [0.2, 0.25) is 0 Å².